The maximum absolute atomic E-state index is 13.9. The zero-order valence-electron chi connectivity index (χ0n) is 11.2. The van der Waals surface area contributed by atoms with Crippen molar-refractivity contribution in [2.24, 2.45) is 0 Å². The van der Waals surface area contributed by atoms with E-state index < -0.39 is 5.82 Å². The highest BCUT2D eigenvalue weighted by atomic mass is 79.9. The predicted molar refractivity (Wildman–Crippen MR) is 79.7 cm³/mol. The van der Waals surface area contributed by atoms with Crippen LogP contribution >= 0.6 is 15.9 Å². The second kappa shape index (κ2) is 6.18. The van der Waals surface area contributed by atoms with Crippen LogP contribution in [0.5, 0.6) is 5.75 Å². The quantitative estimate of drug-likeness (QED) is 0.762. The van der Waals surface area contributed by atoms with E-state index in [1.165, 1.54) is 6.07 Å². The molecule has 2 nitrogen and oxygen atoms in total. The topological polar surface area (TPSA) is 26.3 Å². The third-order valence-electron chi connectivity index (χ3n) is 2.66. The fourth-order valence-electron chi connectivity index (χ4n) is 1.82. The van der Waals surface area contributed by atoms with Crippen LogP contribution in [0.15, 0.2) is 46.9 Å². The van der Waals surface area contributed by atoms with Gasteiger partial charge in [0.25, 0.3) is 0 Å². The number of ketones is 1. The number of rotatable bonds is 4. The summed E-state index contributed by atoms with van der Waals surface area (Å²) < 4.78 is 19.8. The summed E-state index contributed by atoms with van der Waals surface area (Å²) in [6.07, 6.45) is 0.0166. The van der Waals surface area contributed by atoms with E-state index in [0.717, 1.165) is 0 Å². The predicted octanol–water partition coefficient (Wildman–Crippen LogP) is 4.61. The molecule has 0 amide bonds. The Morgan fingerprint density at radius 1 is 1.20 bits per heavy atom. The maximum Gasteiger partial charge on any atom is 0.196 e. The summed E-state index contributed by atoms with van der Waals surface area (Å²) in [6, 6.07) is 11.4. The fourth-order valence-corrected chi connectivity index (χ4v) is 2.18. The number of benzene rings is 2. The highest BCUT2D eigenvalue weighted by Crippen LogP contribution is 2.23. The molecule has 0 aliphatic carbocycles. The van der Waals surface area contributed by atoms with E-state index >= 15 is 0 Å². The highest BCUT2D eigenvalue weighted by molar-refractivity contribution is 9.10. The van der Waals surface area contributed by atoms with Gasteiger partial charge in [0, 0.05) is 5.56 Å². The van der Waals surface area contributed by atoms with Gasteiger partial charge in [-0.15, -0.1) is 0 Å². The van der Waals surface area contributed by atoms with Gasteiger partial charge in [0.2, 0.25) is 0 Å². The second-order valence-electron chi connectivity index (χ2n) is 4.62. The van der Waals surface area contributed by atoms with Crippen LogP contribution in [0.2, 0.25) is 0 Å². The molecular weight excluding hydrogens is 323 g/mol. The van der Waals surface area contributed by atoms with Crippen LogP contribution in [0, 0.1) is 5.82 Å². The molecule has 4 heteroatoms. The third-order valence-corrected chi connectivity index (χ3v) is 3.28. The van der Waals surface area contributed by atoms with Gasteiger partial charge in [-0.05, 0) is 54.0 Å². The van der Waals surface area contributed by atoms with Gasteiger partial charge >= 0.3 is 0 Å². The summed E-state index contributed by atoms with van der Waals surface area (Å²) in [5, 5.41) is 0. The number of carbonyl (C=O) groups excluding carboxylic acids is 1. The SMILES string of the molecule is CC(C)Oc1cccc(C(=O)c2cccc(Br)c2F)c1. The molecule has 104 valence electrons. The lowest BCUT2D eigenvalue weighted by Gasteiger charge is -2.11. The first-order valence-corrected chi connectivity index (χ1v) is 7.03. The van der Waals surface area contributed by atoms with Crippen molar-refractivity contribution in [3.8, 4) is 5.75 Å². The number of halogens is 2. The molecule has 0 aliphatic heterocycles. The first kappa shape index (κ1) is 14.7. The van der Waals surface area contributed by atoms with E-state index in [9.17, 15) is 9.18 Å². The van der Waals surface area contributed by atoms with Crippen molar-refractivity contribution < 1.29 is 13.9 Å². The lowest BCUT2D eigenvalue weighted by molar-refractivity contribution is 0.103. The molecule has 2 rings (SSSR count). The minimum Gasteiger partial charge on any atom is -0.491 e. The zero-order chi connectivity index (χ0) is 14.7. The molecule has 0 saturated carbocycles. The second-order valence-corrected chi connectivity index (χ2v) is 5.48. The van der Waals surface area contributed by atoms with Gasteiger partial charge in [-0.3, -0.25) is 4.79 Å². The van der Waals surface area contributed by atoms with Crippen molar-refractivity contribution in [1.29, 1.82) is 0 Å². The Hall–Kier alpha value is -1.68. The average Bonchev–Trinajstić information content (AvgIpc) is 2.41. The monoisotopic (exact) mass is 336 g/mol. The normalized spacial score (nSPS) is 10.7. The van der Waals surface area contributed by atoms with E-state index in [2.05, 4.69) is 15.9 Å². The minimum absolute atomic E-state index is 0.0166. The Bertz CT molecular complexity index is 638. The van der Waals surface area contributed by atoms with Gasteiger partial charge in [0.1, 0.15) is 11.6 Å². The van der Waals surface area contributed by atoms with E-state index in [0.29, 0.717) is 11.3 Å². The molecule has 2 aromatic carbocycles. The molecule has 0 spiro atoms. The van der Waals surface area contributed by atoms with Crippen LogP contribution in [-0.2, 0) is 0 Å². The number of hydrogen-bond donors (Lipinski definition) is 0. The Morgan fingerprint density at radius 3 is 2.60 bits per heavy atom. The van der Waals surface area contributed by atoms with Crippen molar-refractivity contribution in [1.82, 2.24) is 0 Å². The molecule has 0 heterocycles. The molecule has 0 atom stereocenters. The van der Waals surface area contributed by atoms with E-state index in [1.54, 1.807) is 36.4 Å². The molecule has 0 aliphatic rings. The molecule has 0 fully saturated rings. The van der Waals surface area contributed by atoms with Gasteiger partial charge in [-0.1, -0.05) is 18.2 Å². The number of hydrogen-bond acceptors (Lipinski definition) is 2. The zero-order valence-corrected chi connectivity index (χ0v) is 12.8. The smallest absolute Gasteiger partial charge is 0.196 e. The summed E-state index contributed by atoms with van der Waals surface area (Å²) in [5.41, 5.74) is 0.446. The van der Waals surface area contributed by atoms with E-state index in [4.69, 9.17) is 4.74 Å². The largest absolute Gasteiger partial charge is 0.491 e. The van der Waals surface area contributed by atoms with Crippen molar-refractivity contribution in [3.05, 3.63) is 63.9 Å². The molecule has 0 N–H and O–H groups in total. The van der Waals surface area contributed by atoms with Gasteiger partial charge in [-0.25, -0.2) is 4.39 Å². The first-order chi connectivity index (χ1) is 9.49. The summed E-state index contributed by atoms with van der Waals surface area (Å²) >= 11 is 3.08. The van der Waals surface area contributed by atoms with Crippen LogP contribution < -0.4 is 4.74 Å². The van der Waals surface area contributed by atoms with Crippen LogP contribution in [0.1, 0.15) is 29.8 Å². The lowest BCUT2D eigenvalue weighted by atomic mass is 10.0. The Morgan fingerprint density at radius 2 is 1.90 bits per heavy atom. The van der Waals surface area contributed by atoms with Gasteiger partial charge in [0.05, 0.1) is 16.1 Å². The molecule has 0 bridgehead atoms. The van der Waals surface area contributed by atoms with Crippen molar-refractivity contribution in [3.63, 3.8) is 0 Å². The molecular formula is C16H14BrFO2. The first-order valence-electron chi connectivity index (χ1n) is 6.24. The Kier molecular flexibility index (Phi) is 4.55. The number of ether oxygens (including phenoxy) is 1. The molecule has 0 unspecified atom stereocenters. The van der Waals surface area contributed by atoms with Gasteiger partial charge in [0.15, 0.2) is 5.78 Å². The number of carbonyl (C=O) groups is 1. The third kappa shape index (κ3) is 3.25. The molecule has 20 heavy (non-hydrogen) atoms. The summed E-state index contributed by atoms with van der Waals surface area (Å²) in [6.45, 7) is 3.81. The van der Waals surface area contributed by atoms with Crippen LogP contribution in [0.3, 0.4) is 0 Å². The Labute approximate surface area is 125 Å². The van der Waals surface area contributed by atoms with E-state index in [1.807, 2.05) is 13.8 Å². The standard InChI is InChI=1S/C16H14BrFO2/c1-10(2)20-12-6-3-5-11(9-12)16(19)13-7-4-8-14(17)15(13)18/h3-10H,1-2H3. The highest BCUT2D eigenvalue weighted by Gasteiger charge is 2.16. The molecule has 2 aromatic rings. The summed E-state index contributed by atoms with van der Waals surface area (Å²) in [7, 11) is 0. The van der Waals surface area contributed by atoms with E-state index in [-0.39, 0.29) is 21.9 Å². The Balaban J connectivity index is 2.36. The molecule has 0 radical (unpaired) electrons. The summed E-state index contributed by atoms with van der Waals surface area (Å²) in [4.78, 5) is 12.3. The van der Waals surface area contributed by atoms with Crippen LogP contribution in [-0.4, -0.2) is 11.9 Å². The summed E-state index contributed by atoms with van der Waals surface area (Å²) in [5.74, 6) is -0.313. The van der Waals surface area contributed by atoms with Crippen molar-refractivity contribution in [2.75, 3.05) is 0 Å². The van der Waals surface area contributed by atoms with Crippen LogP contribution in [0.4, 0.5) is 4.39 Å². The average molecular weight is 337 g/mol. The molecule has 0 aromatic heterocycles. The van der Waals surface area contributed by atoms with Gasteiger partial charge < -0.3 is 4.74 Å². The maximum atomic E-state index is 13.9. The van der Waals surface area contributed by atoms with Crippen LogP contribution in [0.25, 0.3) is 0 Å². The fraction of sp³-hybridized carbons (Fsp3) is 0.188. The minimum atomic E-state index is -0.548. The van der Waals surface area contributed by atoms with Gasteiger partial charge in [-0.2, -0.15) is 0 Å². The van der Waals surface area contributed by atoms with Crippen molar-refractivity contribution >= 4 is 21.7 Å². The lowest BCUT2D eigenvalue weighted by Crippen LogP contribution is -2.08. The molecule has 0 saturated heterocycles. The van der Waals surface area contributed by atoms with Crippen molar-refractivity contribution in [2.45, 2.75) is 20.0 Å².